The van der Waals surface area contributed by atoms with Gasteiger partial charge in [0.05, 0.1) is 5.56 Å². The number of rotatable bonds is 4. The summed E-state index contributed by atoms with van der Waals surface area (Å²) in [5.74, 6) is -0.891. The van der Waals surface area contributed by atoms with Crippen LogP contribution in [0.2, 0.25) is 0 Å². The lowest BCUT2D eigenvalue weighted by Crippen LogP contribution is -2.06. The van der Waals surface area contributed by atoms with Gasteiger partial charge in [-0.15, -0.1) is 0 Å². The van der Waals surface area contributed by atoms with Gasteiger partial charge in [0, 0.05) is 11.9 Å². The van der Waals surface area contributed by atoms with Crippen molar-refractivity contribution in [2.75, 3.05) is 0 Å². The summed E-state index contributed by atoms with van der Waals surface area (Å²) in [6, 6.07) is 0. The van der Waals surface area contributed by atoms with Crippen LogP contribution in [0.25, 0.3) is 0 Å². The van der Waals surface area contributed by atoms with E-state index in [9.17, 15) is 4.79 Å². The molecule has 0 aliphatic carbocycles. The van der Waals surface area contributed by atoms with Crippen molar-refractivity contribution in [2.45, 2.75) is 40.0 Å². The van der Waals surface area contributed by atoms with Crippen molar-refractivity contribution in [1.29, 1.82) is 0 Å². The third-order valence-electron chi connectivity index (χ3n) is 2.69. The van der Waals surface area contributed by atoms with Crippen molar-refractivity contribution in [3.63, 3.8) is 0 Å². The zero-order valence-corrected chi connectivity index (χ0v) is 9.50. The highest BCUT2D eigenvalue weighted by Crippen LogP contribution is 2.18. The van der Waals surface area contributed by atoms with Gasteiger partial charge in [0.1, 0.15) is 0 Å². The van der Waals surface area contributed by atoms with Crippen LogP contribution >= 0.6 is 0 Å². The third kappa shape index (κ3) is 2.55. The minimum Gasteiger partial charge on any atom is -0.478 e. The fourth-order valence-corrected chi connectivity index (χ4v) is 1.71. The molecule has 3 nitrogen and oxygen atoms in total. The highest BCUT2D eigenvalue weighted by molar-refractivity contribution is 5.89. The van der Waals surface area contributed by atoms with Crippen LogP contribution in [0.5, 0.6) is 0 Å². The van der Waals surface area contributed by atoms with Crippen LogP contribution in [0.1, 0.15) is 46.9 Å². The Morgan fingerprint density at radius 2 is 2.13 bits per heavy atom. The van der Waals surface area contributed by atoms with Crippen LogP contribution < -0.4 is 0 Å². The largest absolute Gasteiger partial charge is 0.478 e. The van der Waals surface area contributed by atoms with Crippen molar-refractivity contribution in [3.05, 3.63) is 28.6 Å². The van der Waals surface area contributed by atoms with Gasteiger partial charge < -0.3 is 5.11 Å². The standard InChI is InChI=1S/C12H17NO2/c1-4-5-6-10-8(2)11(12(14)15)7-13-9(10)3/h7H,4-6H2,1-3H3,(H,14,15). The SMILES string of the molecule is CCCCc1c(C)ncc(C(=O)O)c1C. The lowest BCUT2D eigenvalue weighted by atomic mass is 9.98. The maximum atomic E-state index is 10.9. The normalized spacial score (nSPS) is 10.3. The number of carboxylic acids is 1. The Labute approximate surface area is 90.2 Å². The molecule has 0 atom stereocenters. The van der Waals surface area contributed by atoms with E-state index >= 15 is 0 Å². The second-order valence-electron chi connectivity index (χ2n) is 3.77. The number of aromatic carboxylic acids is 1. The van der Waals surface area contributed by atoms with Gasteiger partial charge in [-0.3, -0.25) is 4.98 Å². The molecule has 82 valence electrons. The Hall–Kier alpha value is -1.38. The van der Waals surface area contributed by atoms with Crippen LogP contribution in [0.15, 0.2) is 6.20 Å². The summed E-state index contributed by atoms with van der Waals surface area (Å²) < 4.78 is 0. The van der Waals surface area contributed by atoms with Gasteiger partial charge >= 0.3 is 5.97 Å². The quantitative estimate of drug-likeness (QED) is 0.825. The number of carboxylic acid groups (broad SMARTS) is 1. The van der Waals surface area contributed by atoms with Crippen LogP contribution in [0, 0.1) is 13.8 Å². The van der Waals surface area contributed by atoms with Crippen molar-refractivity contribution in [1.82, 2.24) is 4.98 Å². The zero-order chi connectivity index (χ0) is 11.4. The Morgan fingerprint density at radius 3 is 2.67 bits per heavy atom. The molecule has 0 spiro atoms. The molecule has 1 aromatic heterocycles. The zero-order valence-electron chi connectivity index (χ0n) is 9.50. The number of nitrogens with zero attached hydrogens (tertiary/aromatic N) is 1. The van der Waals surface area contributed by atoms with E-state index in [4.69, 9.17) is 5.11 Å². The van der Waals surface area contributed by atoms with Gasteiger partial charge in [0.2, 0.25) is 0 Å². The van der Waals surface area contributed by atoms with E-state index in [1.54, 1.807) is 0 Å². The molecule has 0 saturated heterocycles. The van der Waals surface area contributed by atoms with Gasteiger partial charge in [-0.1, -0.05) is 13.3 Å². The Bertz CT molecular complexity index is 372. The number of carbonyl (C=O) groups is 1. The molecule has 1 heterocycles. The number of unbranched alkanes of at least 4 members (excludes halogenated alkanes) is 1. The molecule has 0 aromatic carbocycles. The minimum absolute atomic E-state index is 0.326. The topological polar surface area (TPSA) is 50.2 Å². The van der Waals surface area contributed by atoms with E-state index in [-0.39, 0.29) is 0 Å². The molecule has 0 radical (unpaired) electrons. The first kappa shape index (κ1) is 11.7. The van der Waals surface area contributed by atoms with Gasteiger partial charge in [-0.25, -0.2) is 4.79 Å². The monoisotopic (exact) mass is 207 g/mol. The molecule has 0 amide bonds. The third-order valence-corrected chi connectivity index (χ3v) is 2.69. The minimum atomic E-state index is -0.891. The lowest BCUT2D eigenvalue weighted by Gasteiger charge is -2.10. The molecule has 0 aliphatic heterocycles. The van der Waals surface area contributed by atoms with Gasteiger partial charge in [0.25, 0.3) is 0 Å². The van der Waals surface area contributed by atoms with E-state index in [2.05, 4.69) is 11.9 Å². The highest BCUT2D eigenvalue weighted by atomic mass is 16.4. The molecule has 0 fully saturated rings. The molecule has 0 unspecified atom stereocenters. The number of hydrogen-bond donors (Lipinski definition) is 1. The van der Waals surface area contributed by atoms with Crippen molar-refractivity contribution in [2.24, 2.45) is 0 Å². The smallest absolute Gasteiger partial charge is 0.337 e. The van der Waals surface area contributed by atoms with Gasteiger partial charge in [-0.2, -0.15) is 0 Å². The molecule has 1 rings (SSSR count). The first-order valence-electron chi connectivity index (χ1n) is 5.26. The summed E-state index contributed by atoms with van der Waals surface area (Å²) in [6.45, 7) is 5.92. The molecule has 0 bridgehead atoms. The maximum Gasteiger partial charge on any atom is 0.337 e. The lowest BCUT2D eigenvalue weighted by molar-refractivity contribution is 0.0695. The molecule has 0 aliphatic rings. The van der Waals surface area contributed by atoms with E-state index in [1.165, 1.54) is 6.20 Å². The fraction of sp³-hybridized carbons (Fsp3) is 0.500. The van der Waals surface area contributed by atoms with Crippen molar-refractivity contribution in [3.8, 4) is 0 Å². The maximum absolute atomic E-state index is 10.9. The van der Waals surface area contributed by atoms with Gasteiger partial charge in [-0.05, 0) is 37.8 Å². The summed E-state index contributed by atoms with van der Waals surface area (Å²) in [6.07, 6.45) is 4.55. The highest BCUT2D eigenvalue weighted by Gasteiger charge is 2.12. The Kier molecular flexibility index (Phi) is 3.83. The number of hydrogen-bond acceptors (Lipinski definition) is 2. The van der Waals surface area contributed by atoms with E-state index in [0.29, 0.717) is 5.56 Å². The predicted octanol–water partition coefficient (Wildman–Crippen LogP) is 2.74. The summed E-state index contributed by atoms with van der Waals surface area (Å²) in [5.41, 5.74) is 3.23. The second-order valence-corrected chi connectivity index (χ2v) is 3.77. The number of aryl methyl sites for hydroxylation is 1. The Balaban J connectivity index is 3.12. The fourth-order valence-electron chi connectivity index (χ4n) is 1.71. The van der Waals surface area contributed by atoms with Crippen LogP contribution in [0.4, 0.5) is 0 Å². The van der Waals surface area contributed by atoms with E-state index in [1.807, 2.05) is 13.8 Å². The van der Waals surface area contributed by atoms with Gasteiger partial charge in [0.15, 0.2) is 0 Å². The first-order chi connectivity index (χ1) is 7.07. The van der Waals surface area contributed by atoms with Crippen LogP contribution in [-0.4, -0.2) is 16.1 Å². The second kappa shape index (κ2) is 4.91. The summed E-state index contributed by atoms with van der Waals surface area (Å²) in [7, 11) is 0. The van der Waals surface area contributed by atoms with Crippen LogP contribution in [0.3, 0.4) is 0 Å². The number of aromatic nitrogens is 1. The number of pyridine rings is 1. The van der Waals surface area contributed by atoms with Crippen molar-refractivity contribution >= 4 is 5.97 Å². The average molecular weight is 207 g/mol. The molecule has 3 heteroatoms. The van der Waals surface area contributed by atoms with E-state index < -0.39 is 5.97 Å². The van der Waals surface area contributed by atoms with Crippen molar-refractivity contribution < 1.29 is 9.90 Å². The summed E-state index contributed by atoms with van der Waals surface area (Å²) in [4.78, 5) is 15.1. The molecule has 0 saturated carbocycles. The molecular formula is C12H17NO2. The average Bonchev–Trinajstić information content (AvgIpc) is 2.17. The summed E-state index contributed by atoms with van der Waals surface area (Å²) in [5, 5.41) is 8.97. The molecular weight excluding hydrogens is 190 g/mol. The Morgan fingerprint density at radius 1 is 1.47 bits per heavy atom. The van der Waals surface area contributed by atoms with E-state index in [0.717, 1.165) is 36.1 Å². The molecule has 1 aromatic rings. The molecule has 1 N–H and O–H groups in total. The summed E-state index contributed by atoms with van der Waals surface area (Å²) >= 11 is 0. The predicted molar refractivity (Wildman–Crippen MR) is 59.3 cm³/mol. The first-order valence-corrected chi connectivity index (χ1v) is 5.26. The molecule has 15 heavy (non-hydrogen) atoms. The van der Waals surface area contributed by atoms with Crippen LogP contribution in [-0.2, 0) is 6.42 Å².